The summed E-state index contributed by atoms with van der Waals surface area (Å²) in [7, 11) is 0. The zero-order valence-corrected chi connectivity index (χ0v) is 12.1. The number of nitrogens with one attached hydrogen (secondary N) is 1. The van der Waals surface area contributed by atoms with Gasteiger partial charge in [0.25, 0.3) is 0 Å². The predicted octanol–water partition coefficient (Wildman–Crippen LogP) is 3.85. The summed E-state index contributed by atoms with van der Waals surface area (Å²) in [5.41, 5.74) is 0. The van der Waals surface area contributed by atoms with E-state index in [1.165, 1.54) is 4.88 Å². The Morgan fingerprint density at radius 2 is 2.24 bits per heavy atom. The first-order valence-electron chi connectivity index (χ1n) is 6.58. The molecule has 0 aromatic carbocycles. The molecule has 1 aromatic heterocycles. The van der Waals surface area contributed by atoms with E-state index in [2.05, 4.69) is 43.6 Å². The third kappa shape index (κ3) is 6.20. The zero-order valence-electron chi connectivity index (χ0n) is 11.2. The van der Waals surface area contributed by atoms with E-state index in [9.17, 15) is 0 Å². The maximum absolute atomic E-state index is 5.56. The summed E-state index contributed by atoms with van der Waals surface area (Å²) < 4.78 is 5.56. The Morgan fingerprint density at radius 3 is 2.82 bits per heavy atom. The minimum Gasteiger partial charge on any atom is -0.381 e. The molecule has 17 heavy (non-hydrogen) atoms. The van der Waals surface area contributed by atoms with Crippen molar-refractivity contribution in [3.8, 4) is 0 Å². The van der Waals surface area contributed by atoms with Crippen molar-refractivity contribution in [3.05, 3.63) is 22.4 Å². The van der Waals surface area contributed by atoms with Crippen LogP contribution in [0.2, 0.25) is 0 Å². The molecule has 0 aliphatic carbocycles. The Hall–Kier alpha value is -0.380. The monoisotopic (exact) mass is 255 g/mol. The average Bonchev–Trinajstić information content (AvgIpc) is 2.81. The second-order valence-electron chi connectivity index (χ2n) is 4.75. The summed E-state index contributed by atoms with van der Waals surface area (Å²) in [6, 6.07) is 4.84. The van der Waals surface area contributed by atoms with Crippen molar-refractivity contribution in [2.75, 3.05) is 19.8 Å². The van der Waals surface area contributed by atoms with Gasteiger partial charge in [-0.1, -0.05) is 26.8 Å². The van der Waals surface area contributed by atoms with Gasteiger partial charge in [0.15, 0.2) is 0 Å². The Bertz CT molecular complexity index is 272. The summed E-state index contributed by atoms with van der Waals surface area (Å²) >= 11 is 1.83. The molecular weight excluding hydrogens is 230 g/mol. The minimum absolute atomic E-state index is 0.514. The normalized spacial score (nSPS) is 13.2. The molecule has 0 radical (unpaired) electrons. The lowest BCUT2D eigenvalue weighted by Gasteiger charge is -2.15. The second-order valence-corrected chi connectivity index (χ2v) is 5.73. The molecule has 0 bridgehead atoms. The van der Waals surface area contributed by atoms with E-state index in [1.54, 1.807) is 0 Å². The van der Waals surface area contributed by atoms with Crippen molar-refractivity contribution in [1.82, 2.24) is 5.32 Å². The number of thiophene rings is 1. The molecule has 1 N–H and O–H groups in total. The van der Waals surface area contributed by atoms with Gasteiger partial charge in [-0.25, -0.2) is 0 Å². The SMILES string of the molecule is CCC(NCCCOCC(C)C)c1cccs1. The van der Waals surface area contributed by atoms with Crippen molar-refractivity contribution >= 4 is 11.3 Å². The molecule has 2 nitrogen and oxygen atoms in total. The van der Waals surface area contributed by atoms with Crippen LogP contribution in [-0.4, -0.2) is 19.8 Å². The summed E-state index contributed by atoms with van der Waals surface area (Å²) in [6.07, 6.45) is 2.24. The minimum atomic E-state index is 0.514. The molecule has 0 saturated heterocycles. The molecule has 1 unspecified atom stereocenters. The van der Waals surface area contributed by atoms with Gasteiger partial charge >= 0.3 is 0 Å². The standard InChI is InChI=1S/C14H25NOS/c1-4-13(14-7-5-10-17-14)15-8-6-9-16-11-12(2)3/h5,7,10,12-13,15H,4,6,8-9,11H2,1-3H3. The van der Waals surface area contributed by atoms with Gasteiger partial charge in [-0.15, -0.1) is 11.3 Å². The Labute approximate surface area is 109 Å². The highest BCUT2D eigenvalue weighted by Crippen LogP contribution is 2.21. The van der Waals surface area contributed by atoms with E-state index >= 15 is 0 Å². The van der Waals surface area contributed by atoms with Crippen molar-refractivity contribution in [2.45, 2.75) is 39.7 Å². The lowest BCUT2D eigenvalue weighted by atomic mass is 10.2. The molecule has 0 spiro atoms. The molecule has 3 heteroatoms. The first kappa shape index (κ1) is 14.7. The first-order valence-corrected chi connectivity index (χ1v) is 7.46. The Morgan fingerprint density at radius 1 is 1.41 bits per heavy atom. The molecule has 0 aliphatic rings. The number of hydrogen-bond donors (Lipinski definition) is 1. The summed E-state index contributed by atoms with van der Waals surface area (Å²) in [5.74, 6) is 0.637. The topological polar surface area (TPSA) is 21.3 Å². The van der Waals surface area contributed by atoms with E-state index in [0.717, 1.165) is 32.6 Å². The second kappa shape index (κ2) is 8.67. The number of rotatable bonds is 9. The Balaban J connectivity index is 2.08. The maximum Gasteiger partial charge on any atom is 0.0489 e. The van der Waals surface area contributed by atoms with Gasteiger partial charge in [-0.05, 0) is 36.8 Å². The van der Waals surface area contributed by atoms with Crippen molar-refractivity contribution in [1.29, 1.82) is 0 Å². The van der Waals surface area contributed by atoms with Crippen LogP contribution in [0.4, 0.5) is 0 Å². The van der Waals surface area contributed by atoms with Crippen LogP contribution in [0.25, 0.3) is 0 Å². The van der Waals surface area contributed by atoms with Gasteiger partial charge < -0.3 is 10.1 Å². The third-order valence-electron chi connectivity index (χ3n) is 2.60. The average molecular weight is 255 g/mol. The van der Waals surface area contributed by atoms with E-state index in [-0.39, 0.29) is 0 Å². The summed E-state index contributed by atoms with van der Waals surface area (Å²) in [4.78, 5) is 1.44. The zero-order chi connectivity index (χ0) is 12.5. The number of hydrogen-bond acceptors (Lipinski definition) is 3. The van der Waals surface area contributed by atoms with Gasteiger partial charge in [0, 0.05) is 24.1 Å². The highest BCUT2D eigenvalue weighted by molar-refractivity contribution is 7.10. The van der Waals surface area contributed by atoms with Crippen molar-refractivity contribution in [2.24, 2.45) is 5.92 Å². The molecule has 1 rings (SSSR count). The van der Waals surface area contributed by atoms with Crippen LogP contribution in [-0.2, 0) is 4.74 Å². The van der Waals surface area contributed by atoms with E-state index < -0.39 is 0 Å². The molecule has 0 saturated carbocycles. The van der Waals surface area contributed by atoms with Crippen LogP contribution in [0.15, 0.2) is 17.5 Å². The fourth-order valence-corrected chi connectivity index (χ4v) is 2.59. The lowest BCUT2D eigenvalue weighted by molar-refractivity contribution is 0.107. The largest absolute Gasteiger partial charge is 0.381 e. The molecule has 0 fully saturated rings. The lowest BCUT2D eigenvalue weighted by Crippen LogP contribution is -2.22. The molecule has 1 atom stereocenters. The molecule has 98 valence electrons. The van der Waals surface area contributed by atoms with Crippen LogP contribution in [0.3, 0.4) is 0 Å². The fraction of sp³-hybridized carbons (Fsp3) is 0.714. The highest BCUT2D eigenvalue weighted by atomic mass is 32.1. The number of ether oxygens (including phenoxy) is 1. The van der Waals surface area contributed by atoms with Gasteiger partial charge in [0.05, 0.1) is 0 Å². The van der Waals surface area contributed by atoms with Crippen LogP contribution in [0.5, 0.6) is 0 Å². The van der Waals surface area contributed by atoms with Crippen molar-refractivity contribution < 1.29 is 4.74 Å². The molecule has 0 amide bonds. The molecule has 0 aliphatic heterocycles. The summed E-state index contributed by atoms with van der Waals surface area (Å²) in [6.45, 7) is 9.37. The molecular formula is C14H25NOS. The van der Waals surface area contributed by atoms with Gasteiger partial charge in [-0.2, -0.15) is 0 Å². The van der Waals surface area contributed by atoms with Crippen LogP contribution < -0.4 is 5.32 Å². The van der Waals surface area contributed by atoms with E-state index in [0.29, 0.717) is 12.0 Å². The maximum atomic E-state index is 5.56. The smallest absolute Gasteiger partial charge is 0.0489 e. The fourth-order valence-electron chi connectivity index (χ4n) is 1.71. The third-order valence-corrected chi connectivity index (χ3v) is 3.59. The first-order chi connectivity index (χ1) is 8.24. The van der Waals surface area contributed by atoms with E-state index in [4.69, 9.17) is 4.74 Å². The van der Waals surface area contributed by atoms with Crippen LogP contribution >= 0.6 is 11.3 Å². The van der Waals surface area contributed by atoms with Gasteiger partial charge in [0.1, 0.15) is 0 Å². The predicted molar refractivity (Wildman–Crippen MR) is 75.6 cm³/mol. The highest BCUT2D eigenvalue weighted by Gasteiger charge is 2.08. The summed E-state index contributed by atoms with van der Waals surface area (Å²) in [5, 5.41) is 5.73. The molecule has 1 heterocycles. The quantitative estimate of drug-likeness (QED) is 0.677. The van der Waals surface area contributed by atoms with Crippen LogP contribution in [0.1, 0.15) is 44.5 Å². The van der Waals surface area contributed by atoms with E-state index in [1.807, 2.05) is 11.3 Å². The Kier molecular flexibility index (Phi) is 7.49. The molecule has 1 aromatic rings. The van der Waals surface area contributed by atoms with Gasteiger partial charge in [0.2, 0.25) is 0 Å². The van der Waals surface area contributed by atoms with Gasteiger partial charge in [-0.3, -0.25) is 0 Å². The van der Waals surface area contributed by atoms with Crippen LogP contribution in [0, 0.1) is 5.92 Å². The van der Waals surface area contributed by atoms with Crippen molar-refractivity contribution in [3.63, 3.8) is 0 Å².